The molecule has 1 aromatic rings. The summed E-state index contributed by atoms with van der Waals surface area (Å²) >= 11 is 6.64. The minimum absolute atomic E-state index is 0.183. The summed E-state index contributed by atoms with van der Waals surface area (Å²) in [7, 11) is -3.57. The monoisotopic (exact) mass is 426 g/mol. The zero-order valence-corrected chi connectivity index (χ0v) is 15.8. The van der Waals surface area contributed by atoms with Gasteiger partial charge in [-0.2, -0.15) is 0 Å². The van der Waals surface area contributed by atoms with E-state index in [2.05, 4.69) is 50.4 Å². The SMILES string of the molecule is Cc1cc(Br)c(S(=O)(=O)NCC(N)CC(C)C)cc1Br. The van der Waals surface area contributed by atoms with Crippen LogP contribution in [0.25, 0.3) is 0 Å². The molecule has 20 heavy (non-hydrogen) atoms. The predicted octanol–water partition coefficient (Wildman–Crippen LogP) is 3.17. The van der Waals surface area contributed by atoms with Crippen LogP contribution in [0, 0.1) is 12.8 Å². The van der Waals surface area contributed by atoms with Gasteiger partial charge in [-0.15, -0.1) is 0 Å². The molecule has 3 N–H and O–H groups in total. The Hall–Kier alpha value is 0.0500. The summed E-state index contributed by atoms with van der Waals surface area (Å²) in [6.45, 7) is 6.25. The summed E-state index contributed by atoms with van der Waals surface area (Å²) in [5, 5.41) is 0. The Morgan fingerprint density at radius 2 is 1.85 bits per heavy atom. The van der Waals surface area contributed by atoms with E-state index in [-0.39, 0.29) is 17.5 Å². The van der Waals surface area contributed by atoms with Gasteiger partial charge in [-0.3, -0.25) is 0 Å². The van der Waals surface area contributed by atoms with Crippen LogP contribution in [0.2, 0.25) is 0 Å². The fraction of sp³-hybridized carbons (Fsp3) is 0.538. The van der Waals surface area contributed by atoms with Gasteiger partial charge in [-0.1, -0.05) is 29.8 Å². The van der Waals surface area contributed by atoms with Crippen molar-refractivity contribution in [3.05, 3.63) is 26.6 Å². The van der Waals surface area contributed by atoms with E-state index in [4.69, 9.17) is 5.73 Å². The standard InChI is InChI=1S/C13H20Br2N2O2S/c1-8(2)4-10(16)7-17-20(18,19)13-6-11(14)9(3)5-12(13)15/h5-6,8,10,17H,4,7,16H2,1-3H3. The Balaban J connectivity index is 2.87. The van der Waals surface area contributed by atoms with E-state index in [0.717, 1.165) is 16.5 Å². The molecule has 0 amide bonds. The highest BCUT2D eigenvalue weighted by molar-refractivity contribution is 9.11. The van der Waals surface area contributed by atoms with Crippen LogP contribution in [0.5, 0.6) is 0 Å². The second-order valence-corrected chi connectivity index (χ2v) is 8.72. The third-order valence-electron chi connectivity index (χ3n) is 2.81. The molecule has 1 aromatic carbocycles. The van der Waals surface area contributed by atoms with E-state index in [1.54, 1.807) is 12.1 Å². The second-order valence-electron chi connectivity index (χ2n) is 5.27. The third-order valence-corrected chi connectivity index (χ3v) is 6.05. The highest BCUT2D eigenvalue weighted by Gasteiger charge is 2.20. The normalized spacial score (nSPS) is 13.8. The maximum atomic E-state index is 12.3. The van der Waals surface area contributed by atoms with Gasteiger partial charge in [0.2, 0.25) is 10.0 Å². The molecule has 0 spiro atoms. The number of hydrogen-bond acceptors (Lipinski definition) is 3. The zero-order valence-electron chi connectivity index (χ0n) is 11.8. The largest absolute Gasteiger partial charge is 0.327 e. The topological polar surface area (TPSA) is 72.2 Å². The third kappa shape index (κ3) is 5.11. The maximum absolute atomic E-state index is 12.3. The van der Waals surface area contributed by atoms with E-state index in [0.29, 0.717) is 10.4 Å². The number of hydrogen-bond donors (Lipinski definition) is 2. The van der Waals surface area contributed by atoms with E-state index in [1.807, 2.05) is 6.92 Å². The molecule has 0 saturated heterocycles. The van der Waals surface area contributed by atoms with Gasteiger partial charge in [-0.05, 0) is 52.9 Å². The summed E-state index contributed by atoms with van der Waals surface area (Å²) in [4.78, 5) is 0.215. The number of rotatable bonds is 6. The molecule has 1 unspecified atom stereocenters. The van der Waals surface area contributed by atoms with Gasteiger partial charge in [0.05, 0.1) is 4.90 Å². The van der Waals surface area contributed by atoms with Crippen LogP contribution in [0.1, 0.15) is 25.8 Å². The van der Waals surface area contributed by atoms with Gasteiger partial charge in [0.15, 0.2) is 0 Å². The molecule has 0 radical (unpaired) electrons. The molecule has 7 heteroatoms. The first-order chi connectivity index (χ1) is 9.13. The van der Waals surface area contributed by atoms with E-state index in [1.165, 1.54) is 0 Å². The molecular formula is C13H20Br2N2O2S. The summed E-state index contributed by atoms with van der Waals surface area (Å²) in [5.74, 6) is 0.440. The van der Waals surface area contributed by atoms with Crippen molar-refractivity contribution in [2.75, 3.05) is 6.54 Å². The molecule has 0 bridgehead atoms. The molecule has 1 rings (SSSR count). The van der Waals surface area contributed by atoms with Crippen LogP contribution in [0.15, 0.2) is 26.0 Å². The lowest BCUT2D eigenvalue weighted by molar-refractivity contribution is 0.485. The fourth-order valence-electron chi connectivity index (χ4n) is 1.82. The molecule has 4 nitrogen and oxygen atoms in total. The van der Waals surface area contributed by atoms with Crippen LogP contribution in [-0.4, -0.2) is 21.0 Å². The maximum Gasteiger partial charge on any atom is 0.241 e. The van der Waals surface area contributed by atoms with Gasteiger partial charge >= 0.3 is 0 Å². The Morgan fingerprint density at radius 3 is 2.40 bits per heavy atom. The highest BCUT2D eigenvalue weighted by Crippen LogP contribution is 2.28. The number of nitrogens with two attached hydrogens (primary N) is 1. The molecular weight excluding hydrogens is 408 g/mol. The van der Waals surface area contributed by atoms with Gasteiger partial charge in [0.25, 0.3) is 0 Å². The molecule has 0 fully saturated rings. The van der Waals surface area contributed by atoms with Crippen molar-refractivity contribution in [1.82, 2.24) is 4.72 Å². The Morgan fingerprint density at radius 1 is 1.25 bits per heavy atom. The molecule has 0 aliphatic rings. The fourth-order valence-corrected chi connectivity index (χ4v) is 4.59. The summed E-state index contributed by atoms with van der Waals surface area (Å²) in [6.07, 6.45) is 0.779. The molecule has 0 aliphatic carbocycles. The van der Waals surface area contributed by atoms with Crippen molar-refractivity contribution in [2.45, 2.75) is 38.1 Å². The summed E-state index contributed by atoms with van der Waals surface area (Å²) in [6, 6.07) is 3.18. The van der Waals surface area contributed by atoms with Crippen LogP contribution < -0.4 is 10.5 Å². The van der Waals surface area contributed by atoms with E-state index in [9.17, 15) is 8.42 Å². The van der Waals surface area contributed by atoms with Crippen molar-refractivity contribution < 1.29 is 8.42 Å². The van der Waals surface area contributed by atoms with Crippen molar-refractivity contribution in [2.24, 2.45) is 11.7 Å². The first kappa shape index (κ1) is 18.1. The lowest BCUT2D eigenvalue weighted by Gasteiger charge is -2.16. The van der Waals surface area contributed by atoms with Crippen molar-refractivity contribution >= 4 is 41.9 Å². The summed E-state index contributed by atoms with van der Waals surface area (Å²) < 4.78 is 28.4. The number of aryl methyl sites for hydroxylation is 1. The van der Waals surface area contributed by atoms with Crippen LogP contribution in [0.3, 0.4) is 0 Å². The molecule has 114 valence electrons. The lowest BCUT2D eigenvalue weighted by atomic mass is 10.1. The van der Waals surface area contributed by atoms with Crippen molar-refractivity contribution in [1.29, 1.82) is 0 Å². The molecule has 1 atom stereocenters. The second kappa shape index (κ2) is 7.35. The van der Waals surface area contributed by atoms with E-state index >= 15 is 0 Å². The molecule has 0 heterocycles. The smallest absolute Gasteiger partial charge is 0.241 e. The van der Waals surface area contributed by atoms with Crippen LogP contribution >= 0.6 is 31.9 Å². The number of sulfonamides is 1. The number of nitrogens with one attached hydrogen (secondary N) is 1. The molecule has 0 aliphatic heterocycles. The van der Waals surface area contributed by atoms with Gasteiger partial charge < -0.3 is 5.73 Å². The van der Waals surface area contributed by atoms with Crippen LogP contribution in [-0.2, 0) is 10.0 Å². The van der Waals surface area contributed by atoms with Gasteiger partial charge in [0, 0.05) is 21.5 Å². The average molecular weight is 428 g/mol. The van der Waals surface area contributed by atoms with Crippen molar-refractivity contribution in [3.8, 4) is 0 Å². The van der Waals surface area contributed by atoms with Gasteiger partial charge in [-0.25, -0.2) is 13.1 Å². The quantitative estimate of drug-likeness (QED) is 0.732. The minimum atomic E-state index is -3.57. The van der Waals surface area contributed by atoms with Crippen molar-refractivity contribution in [3.63, 3.8) is 0 Å². The minimum Gasteiger partial charge on any atom is -0.327 e. The zero-order chi connectivity index (χ0) is 15.5. The van der Waals surface area contributed by atoms with Gasteiger partial charge in [0.1, 0.15) is 0 Å². The predicted molar refractivity (Wildman–Crippen MR) is 89.2 cm³/mol. The molecule has 0 aromatic heterocycles. The number of benzene rings is 1. The first-order valence-electron chi connectivity index (χ1n) is 6.34. The number of halogens is 2. The Labute approximate surface area is 137 Å². The molecule has 0 saturated carbocycles. The average Bonchev–Trinajstić information content (AvgIpc) is 2.30. The highest BCUT2D eigenvalue weighted by atomic mass is 79.9. The van der Waals surface area contributed by atoms with E-state index < -0.39 is 10.0 Å². The Bertz CT molecular complexity index is 574. The summed E-state index contributed by atoms with van der Waals surface area (Å²) in [5.41, 5.74) is 6.87. The lowest BCUT2D eigenvalue weighted by Crippen LogP contribution is -2.38. The van der Waals surface area contributed by atoms with Crippen LogP contribution in [0.4, 0.5) is 0 Å². The Kier molecular flexibility index (Phi) is 6.66. The first-order valence-corrected chi connectivity index (χ1v) is 9.41.